The quantitative estimate of drug-likeness (QED) is 0.577. The Bertz CT molecular complexity index is 742. The smallest absolute Gasteiger partial charge is 0.185 e. The number of nitrogens with zero attached hydrogens (tertiary/aromatic N) is 1. The van der Waals surface area contributed by atoms with Gasteiger partial charge in [-0.05, 0) is 61.9 Å². The van der Waals surface area contributed by atoms with Crippen molar-refractivity contribution in [1.82, 2.24) is 0 Å². The number of hydrogen-bond donors (Lipinski definition) is 0. The molecular weight excluding hydrogens is 326 g/mol. The van der Waals surface area contributed by atoms with Gasteiger partial charge < -0.3 is 14.4 Å². The van der Waals surface area contributed by atoms with Gasteiger partial charge in [-0.1, -0.05) is 18.2 Å². The summed E-state index contributed by atoms with van der Waals surface area (Å²) < 4.78 is 11.0. The summed E-state index contributed by atoms with van der Waals surface area (Å²) >= 11 is 0. The Hall–Kier alpha value is -2.59. The Morgan fingerprint density at radius 1 is 1.04 bits per heavy atom. The summed E-state index contributed by atoms with van der Waals surface area (Å²) in [4.78, 5) is 14.6. The Balaban J connectivity index is 1.61. The van der Waals surface area contributed by atoms with E-state index in [1.54, 1.807) is 6.08 Å². The van der Waals surface area contributed by atoms with Gasteiger partial charge in [0.05, 0.1) is 19.3 Å². The molecule has 0 atom stereocenters. The number of hydrogen-bond acceptors (Lipinski definition) is 4. The molecule has 0 unspecified atom stereocenters. The summed E-state index contributed by atoms with van der Waals surface area (Å²) in [6.45, 7) is 7.29. The van der Waals surface area contributed by atoms with Gasteiger partial charge in [0.15, 0.2) is 5.78 Å². The number of ether oxygens (including phenoxy) is 2. The topological polar surface area (TPSA) is 38.8 Å². The van der Waals surface area contributed by atoms with Crippen LogP contribution in [0.3, 0.4) is 0 Å². The van der Waals surface area contributed by atoms with Crippen molar-refractivity contribution in [2.24, 2.45) is 0 Å². The molecule has 0 amide bonds. The molecular formula is C22H25NO3. The number of benzene rings is 2. The minimum atomic E-state index is 0.000958. The van der Waals surface area contributed by atoms with Gasteiger partial charge in [-0.2, -0.15) is 0 Å². The van der Waals surface area contributed by atoms with E-state index in [2.05, 4.69) is 4.90 Å². The first kappa shape index (κ1) is 18.2. The first-order valence-electron chi connectivity index (χ1n) is 9.04. The molecule has 3 rings (SSSR count). The van der Waals surface area contributed by atoms with Gasteiger partial charge in [-0.25, -0.2) is 0 Å². The summed E-state index contributed by atoms with van der Waals surface area (Å²) in [5.74, 6) is 0.836. The first-order chi connectivity index (χ1) is 12.6. The second-order valence-corrected chi connectivity index (χ2v) is 6.58. The highest BCUT2D eigenvalue weighted by atomic mass is 16.5. The normalized spacial score (nSPS) is 14.8. The number of anilines is 1. The molecule has 1 aliphatic heterocycles. The molecule has 0 saturated carbocycles. The summed E-state index contributed by atoms with van der Waals surface area (Å²) in [5.41, 5.74) is 2.80. The Labute approximate surface area is 155 Å². The lowest BCUT2D eigenvalue weighted by atomic mass is 10.1. The van der Waals surface area contributed by atoms with Gasteiger partial charge in [0, 0.05) is 24.3 Å². The maximum absolute atomic E-state index is 12.4. The largest absolute Gasteiger partial charge is 0.491 e. The van der Waals surface area contributed by atoms with Crippen molar-refractivity contribution in [2.45, 2.75) is 20.0 Å². The lowest BCUT2D eigenvalue weighted by Crippen LogP contribution is -2.36. The van der Waals surface area contributed by atoms with E-state index in [9.17, 15) is 4.79 Å². The average Bonchev–Trinajstić information content (AvgIpc) is 2.67. The van der Waals surface area contributed by atoms with Crippen LogP contribution >= 0.6 is 0 Å². The molecule has 4 heteroatoms. The number of ketones is 1. The van der Waals surface area contributed by atoms with Gasteiger partial charge in [0.25, 0.3) is 0 Å². The van der Waals surface area contributed by atoms with E-state index in [1.807, 2.05) is 68.5 Å². The summed E-state index contributed by atoms with van der Waals surface area (Å²) in [6.07, 6.45) is 3.60. The number of morpholine rings is 1. The van der Waals surface area contributed by atoms with Gasteiger partial charge in [0.1, 0.15) is 5.75 Å². The van der Waals surface area contributed by atoms with Crippen LogP contribution in [0, 0.1) is 0 Å². The van der Waals surface area contributed by atoms with E-state index in [4.69, 9.17) is 9.47 Å². The van der Waals surface area contributed by atoms with Gasteiger partial charge in [-0.3, -0.25) is 4.79 Å². The fraction of sp³-hybridized carbons (Fsp3) is 0.318. The zero-order chi connectivity index (χ0) is 18.4. The number of allylic oxidation sites excluding steroid dienone is 1. The molecule has 2 aromatic carbocycles. The molecule has 136 valence electrons. The first-order valence-corrected chi connectivity index (χ1v) is 9.04. The zero-order valence-electron chi connectivity index (χ0n) is 15.4. The maximum atomic E-state index is 12.4. The number of rotatable bonds is 6. The average molecular weight is 351 g/mol. The van der Waals surface area contributed by atoms with Crippen molar-refractivity contribution in [2.75, 3.05) is 31.2 Å². The van der Waals surface area contributed by atoms with Gasteiger partial charge >= 0.3 is 0 Å². The summed E-state index contributed by atoms with van der Waals surface area (Å²) in [7, 11) is 0. The molecule has 26 heavy (non-hydrogen) atoms. The molecule has 1 aliphatic rings. The SMILES string of the molecule is CC(C)Oc1ccc(/C=C/C(=O)c2ccc(N3CCOCC3)cc2)cc1. The van der Waals surface area contributed by atoms with E-state index in [0.717, 1.165) is 43.3 Å². The molecule has 0 bridgehead atoms. The maximum Gasteiger partial charge on any atom is 0.185 e. The molecule has 0 N–H and O–H groups in total. The van der Waals surface area contributed by atoms with Crippen molar-refractivity contribution < 1.29 is 14.3 Å². The Kier molecular flexibility index (Phi) is 6.08. The lowest BCUT2D eigenvalue weighted by Gasteiger charge is -2.28. The van der Waals surface area contributed by atoms with Crippen LogP contribution in [0.25, 0.3) is 6.08 Å². The minimum Gasteiger partial charge on any atom is -0.491 e. The van der Waals surface area contributed by atoms with Crippen LogP contribution in [-0.2, 0) is 4.74 Å². The van der Waals surface area contributed by atoms with Crippen LogP contribution < -0.4 is 9.64 Å². The van der Waals surface area contributed by atoms with E-state index in [0.29, 0.717) is 5.56 Å². The third kappa shape index (κ3) is 4.96. The third-order valence-electron chi connectivity index (χ3n) is 4.21. The standard InChI is InChI=1S/C22H25NO3/c1-17(2)26-21-10-3-18(4-11-21)5-12-22(24)19-6-8-20(9-7-19)23-13-15-25-16-14-23/h3-12,17H,13-16H2,1-2H3/b12-5+. The van der Waals surface area contributed by atoms with Crippen molar-refractivity contribution in [3.63, 3.8) is 0 Å². The minimum absolute atomic E-state index is 0.000958. The number of carbonyl (C=O) groups is 1. The highest BCUT2D eigenvalue weighted by Gasteiger charge is 2.11. The molecule has 4 nitrogen and oxygen atoms in total. The molecule has 1 saturated heterocycles. The van der Waals surface area contributed by atoms with Gasteiger partial charge in [-0.15, -0.1) is 0 Å². The molecule has 0 spiro atoms. The molecule has 0 radical (unpaired) electrons. The second kappa shape index (κ2) is 8.68. The summed E-state index contributed by atoms with van der Waals surface area (Å²) in [6, 6.07) is 15.5. The highest BCUT2D eigenvalue weighted by Crippen LogP contribution is 2.18. The predicted molar refractivity (Wildman–Crippen MR) is 105 cm³/mol. The van der Waals surface area contributed by atoms with Crippen LogP contribution in [0.1, 0.15) is 29.8 Å². The van der Waals surface area contributed by atoms with E-state index >= 15 is 0 Å². The molecule has 2 aromatic rings. The van der Waals surface area contributed by atoms with Crippen LogP contribution in [0.15, 0.2) is 54.6 Å². The lowest BCUT2D eigenvalue weighted by molar-refractivity contribution is 0.104. The summed E-state index contributed by atoms with van der Waals surface area (Å²) in [5, 5.41) is 0. The Morgan fingerprint density at radius 3 is 2.31 bits per heavy atom. The van der Waals surface area contributed by atoms with E-state index in [-0.39, 0.29) is 11.9 Å². The van der Waals surface area contributed by atoms with Crippen molar-refractivity contribution in [3.8, 4) is 5.75 Å². The van der Waals surface area contributed by atoms with E-state index in [1.165, 1.54) is 0 Å². The van der Waals surface area contributed by atoms with E-state index < -0.39 is 0 Å². The van der Waals surface area contributed by atoms with Gasteiger partial charge in [0.2, 0.25) is 0 Å². The van der Waals surface area contributed by atoms with Crippen LogP contribution in [0.2, 0.25) is 0 Å². The van der Waals surface area contributed by atoms with Crippen LogP contribution in [0.5, 0.6) is 5.75 Å². The fourth-order valence-electron chi connectivity index (χ4n) is 2.86. The predicted octanol–water partition coefficient (Wildman–Crippen LogP) is 4.21. The third-order valence-corrected chi connectivity index (χ3v) is 4.21. The molecule has 0 aromatic heterocycles. The zero-order valence-corrected chi connectivity index (χ0v) is 15.4. The molecule has 0 aliphatic carbocycles. The van der Waals surface area contributed by atoms with Crippen molar-refractivity contribution >= 4 is 17.5 Å². The van der Waals surface area contributed by atoms with Crippen molar-refractivity contribution in [3.05, 3.63) is 65.7 Å². The van der Waals surface area contributed by atoms with Crippen molar-refractivity contribution in [1.29, 1.82) is 0 Å². The molecule has 1 fully saturated rings. The Morgan fingerprint density at radius 2 is 1.69 bits per heavy atom. The second-order valence-electron chi connectivity index (χ2n) is 6.58. The monoisotopic (exact) mass is 351 g/mol. The number of carbonyl (C=O) groups excluding carboxylic acids is 1. The highest BCUT2D eigenvalue weighted by molar-refractivity contribution is 6.07. The molecule has 1 heterocycles. The van der Waals surface area contributed by atoms with Crippen LogP contribution in [-0.4, -0.2) is 38.2 Å². The fourth-order valence-corrected chi connectivity index (χ4v) is 2.86. The van der Waals surface area contributed by atoms with Crippen LogP contribution in [0.4, 0.5) is 5.69 Å².